The van der Waals surface area contributed by atoms with Crippen LogP contribution in [0.3, 0.4) is 0 Å². The third kappa shape index (κ3) is 4.08. The van der Waals surface area contributed by atoms with Crippen LogP contribution in [0.2, 0.25) is 0 Å². The normalized spacial score (nSPS) is 17.0. The fraction of sp³-hybridized carbons (Fsp3) is 0.300. The molecule has 2 aromatic rings. The van der Waals surface area contributed by atoms with Crippen LogP contribution < -0.4 is 15.0 Å². The number of hydrogen-bond donors (Lipinski definition) is 1. The Morgan fingerprint density at radius 2 is 1.96 bits per heavy atom. The SMILES string of the molecule is CCOc1ccc(N2C(=O)C[C@@H]([NH2+]CCc3cccc(F)c3)C2=O)cc1. The summed E-state index contributed by atoms with van der Waals surface area (Å²) in [6, 6.07) is 12.9. The van der Waals surface area contributed by atoms with Gasteiger partial charge in [0.05, 0.1) is 25.3 Å². The lowest BCUT2D eigenvalue weighted by Crippen LogP contribution is -2.92. The van der Waals surface area contributed by atoms with Crippen LogP contribution in [0.5, 0.6) is 5.75 Å². The van der Waals surface area contributed by atoms with Crippen molar-refractivity contribution in [2.75, 3.05) is 18.1 Å². The fourth-order valence-corrected chi connectivity index (χ4v) is 3.11. The van der Waals surface area contributed by atoms with Gasteiger partial charge in [0.2, 0.25) is 5.91 Å². The first kappa shape index (κ1) is 18.1. The van der Waals surface area contributed by atoms with E-state index in [0.29, 0.717) is 31.0 Å². The van der Waals surface area contributed by atoms with Crippen LogP contribution in [0.15, 0.2) is 48.5 Å². The minimum atomic E-state index is -0.428. The van der Waals surface area contributed by atoms with E-state index in [0.717, 1.165) is 5.56 Å². The Bertz CT molecular complexity index is 792. The topological polar surface area (TPSA) is 63.2 Å². The summed E-state index contributed by atoms with van der Waals surface area (Å²) in [7, 11) is 0. The van der Waals surface area contributed by atoms with Gasteiger partial charge in [-0.15, -0.1) is 0 Å². The lowest BCUT2D eigenvalue weighted by atomic mass is 10.1. The molecule has 0 bridgehead atoms. The number of amides is 2. The van der Waals surface area contributed by atoms with Gasteiger partial charge in [-0.1, -0.05) is 12.1 Å². The summed E-state index contributed by atoms with van der Waals surface area (Å²) in [5, 5.41) is 1.86. The second-order valence-electron chi connectivity index (χ2n) is 6.21. The summed E-state index contributed by atoms with van der Waals surface area (Å²) in [6.45, 7) is 3.07. The van der Waals surface area contributed by atoms with E-state index in [1.165, 1.54) is 17.0 Å². The quantitative estimate of drug-likeness (QED) is 0.767. The van der Waals surface area contributed by atoms with Crippen LogP contribution >= 0.6 is 0 Å². The zero-order valence-corrected chi connectivity index (χ0v) is 14.7. The van der Waals surface area contributed by atoms with Gasteiger partial charge in [0.1, 0.15) is 11.6 Å². The number of hydrogen-bond acceptors (Lipinski definition) is 3. The molecule has 1 heterocycles. The van der Waals surface area contributed by atoms with Gasteiger partial charge in [0.25, 0.3) is 5.91 Å². The molecule has 0 unspecified atom stereocenters. The lowest BCUT2D eigenvalue weighted by Gasteiger charge is -2.15. The summed E-state index contributed by atoms with van der Waals surface area (Å²) in [5.74, 6) is 0.0226. The molecule has 2 aromatic carbocycles. The molecule has 0 spiro atoms. The van der Waals surface area contributed by atoms with E-state index in [1.807, 2.05) is 18.3 Å². The van der Waals surface area contributed by atoms with Gasteiger partial charge in [-0.2, -0.15) is 0 Å². The molecule has 1 fully saturated rings. The number of nitrogens with zero attached hydrogens (tertiary/aromatic N) is 1. The molecule has 1 aliphatic heterocycles. The minimum Gasteiger partial charge on any atom is -0.494 e. The largest absolute Gasteiger partial charge is 0.494 e. The van der Waals surface area contributed by atoms with Crippen molar-refractivity contribution in [3.8, 4) is 5.75 Å². The number of carbonyl (C=O) groups excluding carboxylic acids is 2. The zero-order valence-electron chi connectivity index (χ0n) is 14.7. The van der Waals surface area contributed by atoms with E-state index in [2.05, 4.69) is 0 Å². The monoisotopic (exact) mass is 357 g/mol. The Balaban J connectivity index is 1.59. The van der Waals surface area contributed by atoms with Crippen molar-refractivity contribution in [1.82, 2.24) is 0 Å². The fourth-order valence-electron chi connectivity index (χ4n) is 3.11. The lowest BCUT2D eigenvalue weighted by molar-refractivity contribution is -0.674. The Hall–Kier alpha value is -2.73. The molecular formula is C20H22FN2O3+. The first-order chi connectivity index (χ1) is 12.6. The standard InChI is InChI=1S/C20H21FN2O3/c1-2-26-17-8-6-16(7-9-17)23-19(24)13-18(20(23)25)22-11-10-14-4-3-5-15(21)12-14/h3-9,12,18,22H,2,10-11,13H2,1H3/p+1/t18-/m1/s1. The average molecular weight is 357 g/mol. The third-order valence-electron chi connectivity index (χ3n) is 4.36. The number of nitrogens with two attached hydrogens (primary N) is 1. The molecule has 0 aliphatic carbocycles. The second-order valence-corrected chi connectivity index (χ2v) is 6.21. The minimum absolute atomic E-state index is 0.176. The van der Waals surface area contributed by atoms with Crippen LogP contribution in [0.4, 0.5) is 10.1 Å². The second kappa shape index (κ2) is 8.10. The third-order valence-corrected chi connectivity index (χ3v) is 4.36. The highest BCUT2D eigenvalue weighted by atomic mass is 19.1. The number of quaternary nitrogens is 1. The van der Waals surface area contributed by atoms with Gasteiger partial charge in [0, 0.05) is 6.42 Å². The first-order valence-electron chi connectivity index (χ1n) is 8.76. The van der Waals surface area contributed by atoms with Gasteiger partial charge >= 0.3 is 0 Å². The molecule has 2 amide bonds. The Morgan fingerprint density at radius 1 is 1.19 bits per heavy atom. The van der Waals surface area contributed by atoms with Crippen LogP contribution in [0.25, 0.3) is 0 Å². The maximum absolute atomic E-state index is 13.2. The summed E-state index contributed by atoms with van der Waals surface area (Å²) in [4.78, 5) is 26.1. The predicted molar refractivity (Wildman–Crippen MR) is 95.4 cm³/mol. The highest BCUT2D eigenvalue weighted by molar-refractivity contribution is 6.21. The van der Waals surface area contributed by atoms with E-state index < -0.39 is 6.04 Å². The van der Waals surface area contributed by atoms with E-state index in [9.17, 15) is 14.0 Å². The number of carbonyl (C=O) groups is 2. The first-order valence-corrected chi connectivity index (χ1v) is 8.76. The van der Waals surface area contributed by atoms with Crippen LogP contribution in [-0.4, -0.2) is 31.0 Å². The molecule has 26 heavy (non-hydrogen) atoms. The van der Waals surface area contributed by atoms with Crippen molar-refractivity contribution >= 4 is 17.5 Å². The molecule has 5 nitrogen and oxygen atoms in total. The number of halogens is 1. The highest BCUT2D eigenvalue weighted by Gasteiger charge is 2.42. The number of rotatable bonds is 7. The van der Waals surface area contributed by atoms with Gasteiger partial charge in [-0.3, -0.25) is 9.59 Å². The number of benzene rings is 2. The van der Waals surface area contributed by atoms with Crippen molar-refractivity contribution in [2.24, 2.45) is 0 Å². The average Bonchev–Trinajstić information content (AvgIpc) is 2.90. The van der Waals surface area contributed by atoms with E-state index in [1.54, 1.807) is 30.3 Å². The molecular weight excluding hydrogens is 335 g/mol. The van der Waals surface area contributed by atoms with Gasteiger partial charge in [-0.25, -0.2) is 9.29 Å². The maximum Gasteiger partial charge on any atom is 0.292 e. The molecule has 1 saturated heterocycles. The molecule has 136 valence electrons. The molecule has 0 aromatic heterocycles. The summed E-state index contributed by atoms with van der Waals surface area (Å²) >= 11 is 0. The number of imide groups is 1. The number of anilines is 1. The van der Waals surface area contributed by atoms with Gasteiger partial charge < -0.3 is 10.1 Å². The molecule has 0 radical (unpaired) electrons. The predicted octanol–water partition coefficient (Wildman–Crippen LogP) is 1.66. The van der Waals surface area contributed by atoms with Crippen molar-refractivity contribution < 1.29 is 24.0 Å². The van der Waals surface area contributed by atoms with Crippen LogP contribution in [0, 0.1) is 5.82 Å². The van der Waals surface area contributed by atoms with Gasteiger partial charge in [-0.05, 0) is 48.9 Å². The van der Waals surface area contributed by atoms with Crippen molar-refractivity contribution in [3.63, 3.8) is 0 Å². The Labute approximate surface area is 151 Å². The molecule has 1 atom stereocenters. The Morgan fingerprint density at radius 3 is 2.65 bits per heavy atom. The van der Waals surface area contributed by atoms with E-state index in [-0.39, 0.29) is 24.1 Å². The Kier molecular flexibility index (Phi) is 5.63. The van der Waals surface area contributed by atoms with E-state index in [4.69, 9.17) is 4.74 Å². The van der Waals surface area contributed by atoms with Crippen molar-refractivity contribution in [2.45, 2.75) is 25.8 Å². The van der Waals surface area contributed by atoms with Crippen molar-refractivity contribution in [3.05, 3.63) is 59.9 Å². The molecule has 0 saturated carbocycles. The van der Waals surface area contributed by atoms with Crippen LogP contribution in [-0.2, 0) is 16.0 Å². The smallest absolute Gasteiger partial charge is 0.292 e. The molecule has 1 aliphatic rings. The maximum atomic E-state index is 13.2. The van der Waals surface area contributed by atoms with Gasteiger partial charge in [0.15, 0.2) is 6.04 Å². The number of ether oxygens (including phenoxy) is 1. The van der Waals surface area contributed by atoms with Crippen molar-refractivity contribution in [1.29, 1.82) is 0 Å². The summed E-state index contributed by atoms with van der Waals surface area (Å²) < 4.78 is 18.6. The molecule has 2 N–H and O–H groups in total. The summed E-state index contributed by atoms with van der Waals surface area (Å²) in [5.41, 5.74) is 1.44. The van der Waals surface area contributed by atoms with Crippen LogP contribution in [0.1, 0.15) is 18.9 Å². The molecule has 6 heteroatoms. The highest BCUT2D eigenvalue weighted by Crippen LogP contribution is 2.24. The van der Waals surface area contributed by atoms with E-state index >= 15 is 0 Å². The summed E-state index contributed by atoms with van der Waals surface area (Å²) in [6.07, 6.45) is 0.813. The molecule has 3 rings (SSSR count). The zero-order chi connectivity index (χ0) is 18.5.